The molecule has 0 fully saturated rings. The van der Waals surface area contributed by atoms with Crippen molar-refractivity contribution in [2.24, 2.45) is 0 Å². The van der Waals surface area contributed by atoms with Gasteiger partial charge in [0.15, 0.2) is 0 Å². The van der Waals surface area contributed by atoms with Crippen LogP contribution in [-0.4, -0.2) is 21.5 Å². The van der Waals surface area contributed by atoms with Crippen molar-refractivity contribution in [3.63, 3.8) is 0 Å². The van der Waals surface area contributed by atoms with Gasteiger partial charge < -0.3 is 4.90 Å². The second-order valence-electron chi connectivity index (χ2n) is 7.76. The summed E-state index contributed by atoms with van der Waals surface area (Å²) >= 11 is 0. The summed E-state index contributed by atoms with van der Waals surface area (Å²) < 4.78 is 0. The lowest BCUT2D eigenvalue weighted by atomic mass is 10.0. The summed E-state index contributed by atoms with van der Waals surface area (Å²) in [5.74, 6) is 0. The molecule has 0 amide bonds. The molecule has 0 saturated heterocycles. The minimum absolute atomic E-state index is 0.640. The van der Waals surface area contributed by atoms with Crippen LogP contribution >= 0.6 is 0 Å². The van der Waals surface area contributed by atoms with Crippen LogP contribution in [0.3, 0.4) is 0 Å². The molecule has 0 radical (unpaired) electrons. The predicted molar refractivity (Wildman–Crippen MR) is 143 cm³/mol. The van der Waals surface area contributed by atoms with Crippen LogP contribution in [0.4, 0.5) is 5.69 Å². The van der Waals surface area contributed by atoms with Gasteiger partial charge in [-0.3, -0.25) is 0 Å². The Morgan fingerprint density at radius 3 is 2.29 bits per heavy atom. The van der Waals surface area contributed by atoms with Crippen LogP contribution in [0.2, 0.25) is 0 Å². The van der Waals surface area contributed by atoms with Crippen LogP contribution in [0.25, 0.3) is 22.9 Å². The molecule has 4 heteroatoms. The first-order valence-corrected chi connectivity index (χ1v) is 11.2. The van der Waals surface area contributed by atoms with E-state index in [4.69, 9.17) is 0 Å². The lowest BCUT2D eigenvalue weighted by Gasteiger charge is -2.25. The Bertz CT molecular complexity index is 1310. The second-order valence-corrected chi connectivity index (χ2v) is 7.76. The number of rotatable bonds is 9. The summed E-state index contributed by atoms with van der Waals surface area (Å²) in [7, 11) is 0. The fraction of sp³-hybridized carbons (Fsp3) is 0.0667. The average Bonchev–Trinajstić information content (AvgIpc) is 3.27. The molecule has 0 saturated carbocycles. The Labute approximate surface area is 201 Å². The summed E-state index contributed by atoms with van der Waals surface area (Å²) in [6.45, 7) is 10.5. The topological polar surface area (TPSA) is 34.0 Å². The Morgan fingerprint density at radius 2 is 1.59 bits per heavy atom. The molecule has 0 N–H and O–H groups in total. The largest absolute Gasteiger partial charge is 0.338 e. The lowest BCUT2D eigenvalue weighted by molar-refractivity contribution is 0.744. The van der Waals surface area contributed by atoms with E-state index in [1.165, 1.54) is 5.56 Å². The van der Waals surface area contributed by atoms with Crippen molar-refractivity contribution >= 4 is 11.8 Å². The van der Waals surface area contributed by atoms with Gasteiger partial charge in [0.1, 0.15) is 5.69 Å². The highest BCUT2D eigenvalue weighted by atomic mass is 15.5. The van der Waals surface area contributed by atoms with Gasteiger partial charge in [-0.15, -0.1) is 5.10 Å². The zero-order chi connectivity index (χ0) is 23.8. The molecule has 1 heterocycles. The van der Waals surface area contributed by atoms with E-state index >= 15 is 0 Å². The standard InChI is InChI=1S/C30H28N4/c1-4-14-27(5-2)33(29-20-12-17-26(23-29)25-15-8-6-9-16-25)22-13-21-30-24(3)31-34(32-30)28-18-10-7-11-19-28/h4-21,23H,1-2,22H2,3H3/b21-13-,27-14+. The first kappa shape index (κ1) is 22.7. The number of hydrogen-bond donors (Lipinski definition) is 0. The minimum atomic E-state index is 0.640. The lowest BCUT2D eigenvalue weighted by Crippen LogP contribution is -2.21. The van der Waals surface area contributed by atoms with Gasteiger partial charge in [0.25, 0.3) is 0 Å². The van der Waals surface area contributed by atoms with Crippen molar-refractivity contribution in [1.29, 1.82) is 0 Å². The second kappa shape index (κ2) is 10.9. The predicted octanol–water partition coefficient (Wildman–Crippen LogP) is 7.02. The van der Waals surface area contributed by atoms with Gasteiger partial charge in [-0.1, -0.05) is 86.0 Å². The van der Waals surface area contributed by atoms with Crippen molar-refractivity contribution in [2.45, 2.75) is 6.92 Å². The van der Waals surface area contributed by atoms with E-state index < -0.39 is 0 Å². The van der Waals surface area contributed by atoms with Gasteiger partial charge in [0.2, 0.25) is 0 Å². The smallest absolute Gasteiger partial charge is 0.108 e. The van der Waals surface area contributed by atoms with E-state index in [-0.39, 0.29) is 0 Å². The molecule has 0 atom stereocenters. The third-order valence-electron chi connectivity index (χ3n) is 5.44. The van der Waals surface area contributed by atoms with E-state index in [0.717, 1.165) is 34.0 Å². The average molecular weight is 445 g/mol. The molecule has 0 spiro atoms. The van der Waals surface area contributed by atoms with Gasteiger partial charge in [-0.25, -0.2) is 0 Å². The number of allylic oxidation sites excluding steroid dienone is 3. The molecule has 0 unspecified atom stereocenters. The maximum absolute atomic E-state index is 4.65. The van der Waals surface area contributed by atoms with Crippen molar-refractivity contribution < 1.29 is 0 Å². The molecular formula is C30H28N4. The first-order valence-electron chi connectivity index (χ1n) is 11.2. The molecule has 4 rings (SSSR count). The number of benzene rings is 3. The molecule has 0 aliphatic heterocycles. The Kier molecular flexibility index (Phi) is 7.31. The molecule has 4 aromatic rings. The molecule has 0 aliphatic rings. The molecular weight excluding hydrogens is 416 g/mol. The molecule has 1 aromatic heterocycles. The van der Waals surface area contributed by atoms with Gasteiger partial charge in [-0.05, 0) is 60.5 Å². The first-order chi connectivity index (χ1) is 16.7. The van der Waals surface area contributed by atoms with Crippen molar-refractivity contribution in [2.75, 3.05) is 11.4 Å². The Balaban J connectivity index is 1.62. The summed E-state index contributed by atoms with van der Waals surface area (Å²) in [6.07, 6.45) is 9.71. The minimum Gasteiger partial charge on any atom is -0.338 e. The zero-order valence-electron chi connectivity index (χ0n) is 19.4. The van der Waals surface area contributed by atoms with E-state index in [9.17, 15) is 0 Å². The molecule has 168 valence electrons. The SMILES string of the molecule is C=C/C=C(\C=C)N(C/C=C\c1nn(-c2ccccc2)nc1C)c1cccc(-c2ccccc2)c1. The summed E-state index contributed by atoms with van der Waals surface area (Å²) in [4.78, 5) is 3.87. The Morgan fingerprint density at radius 1 is 0.882 bits per heavy atom. The van der Waals surface area contributed by atoms with E-state index in [2.05, 4.69) is 82.9 Å². The van der Waals surface area contributed by atoms with E-state index in [0.29, 0.717) is 6.54 Å². The summed E-state index contributed by atoms with van der Waals surface area (Å²) in [5, 5.41) is 9.22. The number of aryl methyl sites for hydroxylation is 1. The monoisotopic (exact) mass is 444 g/mol. The van der Waals surface area contributed by atoms with Gasteiger partial charge in [0.05, 0.1) is 11.4 Å². The number of anilines is 1. The van der Waals surface area contributed by atoms with Gasteiger partial charge >= 0.3 is 0 Å². The van der Waals surface area contributed by atoms with Crippen molar-refractivity contribution in [3.05, 3.63) is 139 Å². The van der Waals surface area contributed by atoms with Gasteiger partial charge in [0, 0.05) is 17.9 Å². The zero-order valence-corrected chi connectivity index (χ0v) is 19.4. The quantitative estimate of drug-likeness (QED) is 0.260. The van der Waals surface area contributed by atoms with E-state index in [1.54, 1.807) is 10.9 Å². The fourth-order valence-electron chi connectivity index (χ4n) is 3.72. The molecule has 34 heavy (non-hydrogen) atoms. The van der Waals surface area contributed by atoms with Crippen molar-refractivity contribution in [1.82, 2.24) is 15.0 Å². The number of hydrogen-bond acceptors (Lipinski definition) is 3. The van der Waals surface area contributed by atoms with Crippen LogP contribution in [0, 0.1) is 6.92 Å². The van der Waals surface area contributed by atoms with Gasteiger partial charge in [-0.2, -0.15) is 9.90 Å². The third kappa shape index (κ3) is 5.30. The molecule has 3 aromatic carbocycles. The number of aromatic nitrogens is 3. The fourth-order valence-corrected chi connectivity index (χ4v) is 3.72. The number of para-hydroxylation sites is 1. The van der Waals surface area contributed by atoms with Crippen LogP contribution < -0.4 is 4.90 Å². The van der Waals surface area contributed by atoms with Crippen molar-refractivity contribution in [3.8, 4) is 16.8 Å². The van der Waals surface area contributed by atoms with Crippen LogP contribution in [0.15, 0.2) is 128 Å². The highest BCUT2D eigenvalue weighted by molar-refractivity contribution is 5.70. The molecule has 4 nitrogen and oxygen atoms in total. The van der Waals surface area contributed by atoms with Crippen LogP contribution in [0.1, 0.15) is 11.4 Å². The van der Waals surface area contributed by atoms with E-state index in [1.807, 2.05) is 61.5 Å². The normalized spacial score (nSPS) is 11.5. The Hall–Kier alpha value is -4.44. The van der Waals surface area contributed by atoms with Crippen LogP contribution in [0.5, 0.6) is 0 Å². The highest BCUT2D eigenvalue weighted by Crippen LogP contribution is 2.27. The molecule has 0 aliphatic carbocycles. The number of nitrogens with zero attached hydrogens (tertiary/aromatic N) is 4. The molecule has 0 bridgehead atoms. The maximum Gasteiger partial charge on any atom is 0.108 e. The summed E-state index contributed by atoms with van der Waals surface area (Å²) in [6, 6.07) is 28.8. The van der Waals surface area contributed by atoms with Crippen LogP contribution in [-0.2, 0) is 0 Å². The maximum atomic E-state index is 4.65. The summed E-state index contributed by atoms with van der Waals surface area (Å²) in [5.41, 5.74) is 7.04. The third-order valence-corrected chi connectivity index (χ3v) is 5.44. The highest BCUT2D eigenvalue weighted by Gasteiger charge is 2.11.